The van der Waals surface area contributed by atoms with Crippen LogP contribution >= 0.6 is 15.9 Å². The number of Topliss-reactive ketones (excluding diaryl/α,β-unsaturated/α-hetero) is 1. The number of aryl methyl sites for hydroxylation is 2. The third kappa shape index (κ3) is 3.24. The molecule has 0 fully saturated rings. The summed E-state index contributed by atoms with van der Waals surface area (Å²) in [6.07, 6.45) is 0. The van der Waals surface area contributed by atoms with Crippen LogP contribution in [0, 0.1) is 13.8 Å². The lowest BCUT2D eigenvalue weighted by atomic mass is 10.1. The summed E-state index contributed by atoms with van der Waals surface area (Å²) in [6, 6.07) is 11.4. The summed E-state index contributed by atoms with van der Waals surface area (Å²) in [5.41, 5.74) is 2.82. The molecule has 98 valence electrons. The van der Waals surface area contributed by atoms with Gasteiger partial charge >= 0.3 is 0 Å². The Morgan fingerprint density at radius 1 is 1.05 bits per heavy atom. The molecule has 0 saturated heterocycles. The highest BCUT2D eigenvalue weighted by atomic mass is 79.9. The number of ketones is 1. The molecule has 0 aliphatic heterocycles. The van der Waals surface area contributed by atoms with E-state index in [2.05, 4.69) is 22.0 Å². The van der Waals surface area contributed by atoms with Crippen LogP contribution < -0.4 is 4.74 Å². The van der Waals surface area contributed by atoms with Crippen molar-refractivity contribution in [2.45, 2.75) is 20.8 Å². The van der Waals surface area contributed by atoms with Gasteiger partial charge in [-0.2, -0.15) is 0 Å². The van der Waals surface area contributed by atoms with Crippen LogP contribution in [-0.2, 0) is 0 Å². The molecule has 0 aromatic heterocycles. The fourth-order valence-corrected chi connectivity index (χ4v) is 2.26. The van der Waals surface area contributed by atoms with E-state index in [0.29, 0.717) is 11.3 Å². The van der Waals surface area contributed by atoms with Gasteiger partial charge in [0.1, 0.15) is 11.5 Å². The maximum absolute atomic E-state index is 11.6. The second-order valence-corrected chi connectivity index (χ2v) is 5.48. The zero-order chi connectivity index (χ0) is 14.0. The van der Waals surface area contributed by atoms with E-state index in [1.54, 1.807) is 12.1 Å². The normalized spacial score (nSPS) is 10.3. The van der Waals surface area contributed by atoms with Gasteiger partial charge in [0.2, 0.25) is 0 Å². The van der Waals surface area contributed by atoms with Gasteiger partial charge < -0.3 is 4.74 Å². The molecule has 0 heterocycles. The minimum Gasteiger partial charge on any atom is -0.456 e. The fourth-order valence-electron chi connectivity index (χ4n) is 1.90. The molecule has 0 unspecified atom stereocenters. The summed E-state index contributed by atoms with van der Waals surface area (Å²) in [5, 5.41) is 0. The Morgan fingerprint density at radius 2 is 1.74 bits per heavy atom. The van der Waals surface area contributed by atoms with E-state index in [1.807, 2.05) is 32.0 Å². The van der Waals surface area contributed by atoms with Gasteiger partial charge in [0, 0.05) is 4.47 Å². The first-order chi connectivity index (χ1) is 8.97. The van der Waals surface area contributed by atoms with E-state index in [0.717, 1.165) is 15.8 Å². The first-order valence-corrected chi connectivity index (χ1v) is 6.82. The quantitative estimate of drug-likeness (QED) is 0.739. The van der Waals surface area contributed by atoms with Crippen molar-refractivity contribution >= 4 is 21.7 Å². The summed E-state index contributed by atoms with van der Waals surface area (Å²) in [6.45, 7) is 5.57. The van der Waals surface area contributed by atoms with Crippen LogP contribution in [0.4, 0.5) is 0 Å². The van der Waals surface area contributed by atoms with E-state index >= 15 is 0 Å². The minimum absolute atomic E-state index is 0.0129. The van der Waals surface area contributed by atoms with Crippen LogP contribution in [-0.4, -0.2) is 5.78 Å². The molecule has 0 aliphatic carbocycles. The van der Waals surface area contributed by atoms with Crippen LogP contribution in [0.25, 0.3) is 0 Å². The average Bonchev–Trinajstić information content (AvgIpc) is 2.34. The van der Waals surface area contributed by atoms with Gasteiger partial charge in [0.15, 0.2) is 5.78 Å². The smallest absolute Gasteiger partial charge is 0.163 e. The van der Waals surface area contributed by atoms with Crippen molar-refractivity contribution in [3.8, 4) is 11.5 Å². The lowest BCUT2D eigenvalue weighted by molar-refractivity contribution is 0.101. The Bertz CT molecular complexity index is 633. The van der Waals surface area contributed by atoms with Gasteiger partial charge in [-0.3, -0.25) is 4.79 Å². The van der Waals surface area contributed by atoms with Crippen LogP contribution in [0.3, 0.4) is 0 Å². The molecule has 0 spiro atoms. The van der Waals surface area contributed by atoms with Crippen LogP contribution in [0.1, 0.15) is 28.4 Å². The largest absolute Gasteiger partial charge is 0.456 e. The van der Waals surface area contributed by atoms with Gasteiger partial charge in [-0.1, -0.05) is 33.6 Å². The topological polar surface area (TPSA) is 26.3 Å². The van der Waals surface area contributed by atoms with E-state index in [9.17, 15) is 4.79 Å². The van der Waals surface area contributed by atoms with Crippen molar-refractivity contribution in [1.29, 1.82) is 0 Å². The van der Waals surface area contributed by atoms with Gasteiger partial charge in [-0.25, -0.2) is 0 Å². The Balaban J connectivity index is 2.40. The van der Waals surface area contributed by atoms with Crippen molar-refractivity contribution in [3.63, 3.8) is 0 Å². The number of halogens is 1. The molecule has 0 amide bonds. The van der Waals surface area contributed by atoms with Crippen molar-refractivity contribution in [1.82, 2.24) is 0 Å². The predicted octanol–water partition coefficient (Wildman–Crippen LogP) is 5.06. The molecular weight excluding hydrogens is 304 g/mol. The molecule has 2 aromatic carbocycles. The Labute approximate surface area is 121 Å². The Morgan fingerprint density at radius 3 is 2.37 bits per heavy atom. The van der Waals surface area contributed by atoms with Crippen molar-refractivity contribution in [3.05, 3.63) is 57.6 Å². The van der Waals surface area contributed by atoms with Crippen molar-refractivity contribution in [2.24, 2.45) is 0 Å². The van der Waals surface area contributed by atoms with Crippen molar-refractivity contribution in [2.75, 3.05) is 0 Å². The third-order valence-corrected chi connectivity index (χ3v) is 3.36. The summed E-state index contributed by atoms with van der Waals surface area (Å²) in [5.74, 6) is 1.35. The van der Waals surface area contributed by atoms with Crippen molar-refractivity contribution < 1.29 is 9.53 Å². The molecular formula is C16H15BrO2. The number of carbonyl (C=O) groups excluding carboxylic acids is 1. The highest BCUT2D eigenvalue weighted by molar-refractivity contribution is 9.10. The van der Waals surface area contributed by atoms with E-state index in [-0.39, 0.29) is 5.78 Å². The molecule has 19 heavy (non-hydrogen) atoms. The zero-order valence-electron chi connectivity index (χ0n) is 11.2. The van der Waals surface area contributed by atoms with Gasteiger partial charge in [-0.15, -0.1) is 0 Å². The summed E-state index contributed by atoms with van der Waals surface area (Å²) in [4.78, 5) is 11.6. The molecule has 0 N–H and O–H groups in total. The SMILES string of the molecule is CC(=O)c1cc(Br)ccc1Oc1ccc(C)cc1C. The fraction of sp³-hybridized carbons (Fsp3) is 0.188. The standard InChI is InChI=1S/C16H15BrO2/c1-10-4-6-15(11(2)8-10)19-16-7-5-13(17)9-14(16)12(3)18/h4-9H,1-3H3. The van der Waals surface area contributed by atoms with E-state index in [4.69, 9.17) is 4.74 Å². The lowest BCUT2D eigenvalue weighted by Gasteiger charge is -2.12. The molecule has 0 atom stereocenters. The number of rotatable bonds is 3. The minimum atomic E-state index is -0.0129. The molecule has 3 heteroatoms. The monoisotopic (exact) mass is 318 g/mol. The summed E-state index contributed by atoms with van der Waals surface area (Å²) in [7, 11) is 0. The number of hydrogen-bond donors (Lipinski definition) is 0. The Hall–Kier alpha value is -1.61. The molecule has 0 aliphatic rings. The molecule has 2 nitrogen and oxygen atoms in total. The summed E-state index contributed by atoms with van der Waals surface area (Å²) < 4.78 is 6.74. The maximum atomic E-state index is 11.6. The maximum Gasteiger partial charge on any atom is 0.163 e. The number of ether oxygens (including phenoxy) is 1. The van der Waals surface area contributed by atoms with Gasteiger partial charge in [0.25, 0.3) is 0 Å². The van der Waals surface area contributed by atoms with Gasteiger partial charge in [-0.05, 0) is 50.6 Å². The second-order valence-electron chi connectivity index (χ2n) is 4.57. The molecule has 0 saturated carbocycles. The zero-order valence-corrected chi connectivity index (χ0v) is 12.7. The van der Waals surface area contributed by atoms with Gasteiger partial charge in [0.05, 0.1) is 5.56 Å². The molecule has 2 rings (SSSR count). The Kier molecular flexibility index (Phi) is 4.05. The van der Waals surface area contributed by atoms with Crippen LogP contribution in [0.2, 0.25) is 0 Å². The molecule has 0 bridgehead atoms. The number of benzene rings is 2. The highest BCUT2D eigenvalue weighted by Crippen LogP contribution is 2.30. The average molecular weight is 319 g/mol. The first kappa shape index (κ1) is 13.8. The number of carbonyl (C=O) groups is 1. The molecule has 2 aromatic rings. The van der Waals surface area contributed by atoms with E-state index in [1.165, 1.54) is 12.5 Å². The van der Waals surface area contributed by atoms with Crippen LogP contribution in [0.5, 0.6) is 11.5 Å². The first-order valence-electron chi connectivity index (χ1n) is 6.03. The predicted molar refractivity (Wildman–Crippen MR) is 80.1 cm³/mol. The second kappa shape index (κ2) is 5.57. The summed E-state index contributed by atoms with van der Waals surface area (Å²) >= 11 is 3.37. The molecule has 0 radical (unpaired) electrons. The van der Waals surface area contributed by atoms with E-state index < -0.39 is 0 Å². The lowest BCUT2D eigenvalue weighted by Crippen LogP contribution is -1.98. The van der Waals surface area contributed by atoms with Crippen LogP contribution in [0.15, 0.2) is 40.9 Å². The highest BCUT2D eigenvalue weighted by Gasteiger charge is 2.11. The number of hydrogen-bond acceptors (Lipinski definition) is 2. The third-order valence-electron chi connectivity index (χ3n) is 2.87.